The average Bonchev–Trinajstić information content (AvgIpc) is 3.28. The monoisotopic (exact) mass is 526 g/mol. The molecule has 2 aromatic carbocycles. The second-order valence-corrected chi connectivity index (χ2v) is 11.9. The largest absolute Gasteiger partial charge is 0.493 e. The summed E-state index contributed by atoms with van der Waals surface area (Å²) in [6.45, 7) is 10.4. The zero-order valence-electron chi connectivity index (χ0n) is 23.2. The zero-order chi connectivity index (χ0) is 27.4. The fourth-order valence-electron chi connectivity index (χ4n) is 7.94. The van der Waals surface area contributed by atoms with E-state index in [1.165, 1.54) is 5.56 Å². The lowest BCUT2D eigenvalue weighted by atomic mass is 9.48. The smallest absolute Gasteiger partial charge is 0.299 e. The Morgan fingerprint density at radius 1 is 1.28 bits per heavy atom. The second-order valence-electron chi connectivity index (χ2n) is 11.9. The van der Waals surface area contributed by atoms with Gasteiger partial charge >= 0.3 is 0 Å². The number of carbonyl (C=O) groups excluding carboxylic acids is 1. The Morgan fingerprint density at radius 2 is 2.08 bits per heavy atom. The normalized spacial score (nSPS) is 30.0. The summed E-state index contributed by atoms with van der Waals surface area (Å²) in [6.07, 6.45) is 4.31. The standard InChI is InChI=1S/C33H38N2O4/c1-5-18-34-19-17-32-29-24-12-13-26(38-4)30(29)39-31(32)25(15-16-33(32,37)27(34)20-24)35(21-22(2)3)28(36)14-11-23-9-7-6-8-10-23/h5-10,12-13,22,25,27,31,37H,1,15-21H2,2-4H3/t25-,27-,31+,32+,33-/m1/s1. The molecule has 6 heteroatoms. The number of carbonyl (C=O) groups is 1. The van der Waals surface area contributed by atoms with Gasteiger partial charge in [0.15, 0.2) is 11.5 Å². The SMILES string of the molecule is C=CCN1CC[C@]23c4c5ccc(OC)c4O[C@H]2[C@H](N(CC(C)C)C(=O)C#Cc2ccccc2)CC[C@@]3(O)[C@H]1C5. The van der Waals surface area contributed by atoms with E-state index in [9.17, 15) is 9.90 Å². The van der Waals surface area contributed by atoms with Gasteiger partial charge in [-0.05, 0) is 61.9 Å². The molecule has 4 aliphatic rings. The fourth-order valence-corrected chi connectivity index (χ4v) is 7.94. The maximum atomic E-state index is 13.8. The molecule has 1 spiro atoms. The van der Waals surface area contributed by atoms with Gasteiger partial charge in [-0.3, -0.25) is 9.69 Å². The highest BCUT2D eigenvalue weighted by molar-refractivity contribution is 5.94. The minimum atomic E-state index is -0.970. The summed E-state index contributed by atoms with van der Waals surface area (Å²) >= 11 is 0. The van der Waals surface area contributed by atoms with E-state index in [4.69, 9.17) is 9.47 Å². The van der Waals surface area contributed by atoms with Crippen molar-refractivity contribution < 1.29 is 19.4 Å². The summed E-state index contributed by atoms with van der Waals surface area (Å²) in [5.74, 6) is 7.49. The first-order valence-electron chi connectivity index (χ1n) is 14.2. The van der Waals surface area contributed by atoms with E-state index in [1.54, 1.807) is 7.11 Å². The second kappa shape index (κ2) is 9.73. The van der Waals surface area contributed by atoms with Crippen LogP contribution in [0.4, 0.5) is 0 Å². The summed E-state index contributed by atoms with van der Waals surface area (Å²) in [6, 6.07) is 13.5. The van der Waals surface area contributed by atoms with Crippen LogP contribution < -0.4 is 9.47 Å². The average molecular weight is 527 g/mol. The van der Waals surface area contributed by atoms with Crippen molar-refractivity contribution in [2.75, 3.05) is 26.7 Å². The third-order valence-electron chi connectivity index (χ3n) is 9.42. The Labute approximate surface area is 231 Å². The van der Waals surface area contributed by atoms with E-state index in [-0.39, 0.29) is 30.0 Å². The summed E-state index contributed by atoms with van der Waals surface area (Å²) in [7, 11) is 1.66. The number of rotatable bonds is 6. The third-order valence-corrected chi connectivity index (χ3v) is 9.42. The van der Waals surface area contributed by atoms with Crippen LogP contribution >= 0.6 is 0 Å². The Hall–Kier alpha value is -3.27. The van der Waals surface area contributed by atoms with Crippen molar-refractivity contribution in [1.82, 2.24) is 9.80 Å². The zero-order valence-corrected chi connectivity index (χ0v) is 23.2. The molecule has 1 saturated carbocycles. The van der Waals surface area contributed by atoms with Gasteiger partial charge in [-0.1, -0.05) is 50.1 Å². The highest BCUT2D eigenvalue weighted by atomic mass is 16.5. The molecule has 0 radical (unpaired) electrons. The van der Waals surface area contributed by atoms with Crippen LogP contribution in [0.15, 0.2) is 55.1 Å². The minimum absolute atomic E-state index is 0.0322. The molecule has 5 atom stereocenters. The molecule has 39 heavy (non-hydrogen) atoms. The molecular weight excluding hydrogens is 488 g/mol. The number of nitrogens with zero attached hydrogens (tertiary/aromatic N) is 2. The number of hydrogen-bond acceptors (Lipinski definition) is 5. The molecule has 0 aromatic heterocycles. The van der Waals surface area contributed by atoms with Crippen molar-refractivity contribution in [2.24, 2.45) is 5.92 Å². The Balaban J connectivity index is 1.45. The Bertz CT molecular complexity index is 1340. The summed E-state index contributed by atoms with van der Waals surface area (Å²) < 4.78 is 12.6. The van der Waals surface area contributed by atoms with Gasteiger partial charge in [0.2, 0.25) is 0 Å². The van der Waals surface area contributed by atoms with Crippen molar-refractivity contribution in [3.63, 3.8) is 0 Å². The summed E-state index contributed by atoms with van der Waals surface area (Å²) in [5, 5.41) is 12.7. The molecule has 2 aromatic rings. The first kappa shape index (κ1) is 26.0. The van der Waals surface area contributed by atoms with Crippen molar-refractivity contribution in [3.05, 3.63) is 71.8 Å². The van der Waals surface area contributed by atoms with E-state index in [1.807, 2.05) is 47.4 Å². The first-order chi connectivity index (χ1) is 18.8. The van der Waals surface area contributed by atoms with Crippen LogP contribution in [0.25, 0.3) is 0 Å². The van der Waals surface area contributed by atoms with Crippen LogP contribution in [0.5, 0.6) is 11.5 Å². The highest BCUT2D eigenvalue weighted by Crippen LogP contribution is 2.66. The lowest BCUT2D eigenvalue weighted by molar-refractivity contribution is -0.199. The molecule has 204 valence electrons. The molecule has 6 rings (SSSR count). The predicted octanol–water partition coefficient (Wildman–Crippen LogP) is 3.94. The molecule has 2 aliphatic carbocycles. The van der Waals surface area contributed by atoms with Gasteiger partial charge in [0, 0.05) is 36.2 Å². The molecular formula is C33H38N2O4. The molecule has 2 aliphatic heterocycles. The van der Waals surface area contributed by atoms with E-state index in [0.717, 1.165) is 42.8 Å². The molecule has 2 heterocycles. The van der Waals surface area contributed by atoms with E-state index in [2.05, 4.69) is 43.2 Å². The quantitative estimate of drug-likeness (QED) is 0.457. The van der Waals surface area contributed by atoms with Crippen LogP contribution in [-0.2, 0) is 16.6 Å². The summed E-state index contributed by atoms with van der Waals surface area (Å²) in [5.41, 5.74) is 1.54. The molecule has 0 unspecified atom stereocenters. The van der Waals surface area contributed by atoms with Gasteiger partial charge in [0.25, 0.3) is 5.91 Å². The maximum absolute atomic E-state index is 13.8. The van der Waals surface area contributed by atoms with Gasteiger partial charge in [-0.25, -0.2) is 0 Å². The number of aliphatic hydroxyl groups is 1. The number of likely N-dealkylation sites (tertiary alicyclic amines) is 1. The van der Waals surface area contributed by atoms with Crippen LogP contribution in [-0.4, -0.2) is 71.3 Å². The molecule has 1 amide bonds. The van der Waals surface area contributed by atoms with Gasteiger partial charge in [0.1, 0.15) is 6.10 Å². The number of methoxy groups -OCH3 is 1. The molecule has 2 fully saturated rings. The number of amides is 1. The van der Waals surface area contributed by atoms with E-state index >= 15 is 0 Å². The van der Waals surface area contributed by atoms with Crippen molar-refractivity contribution in [2.45, 2.75) is 68.7 Å². The number of benzene rings is 2. The van der Waals surface area contributed by atoms with Crippen molar-refractivity contribution in [1.29, 1.82) is 0 Å². The molecule has 2 bridgehead atoms. The first-order valence-corrected chi connectivity index (χ1v) is 14.2. The predicted molar refractivity (Wildman–Crippen MR) is 151 cm³/mol. The van der Waals surface area contributed by atoms with Crippen LogP contribution in [0.1, 0.15) is 49.8 Å². The van der Waals surface area contributed by atoms with Crippen LogP contribution in [0, 0.1) is 17.8 Å². The Kier molecular flexibility index (Phi) is 6.48. The summed E-state index contributed by atoms with van der Waals surface area (Å²) in [4.78, 5) is 18.1. The minimum Gasteiger partial charge on any atom is -0.493 e. The van der Waals surface area contributed by atoms with Gasteiger partial charge in [-0.2, -0.15) is 0 Å². The highest BCUT2D eigenvalue weighted by Gasteiger charge is 2.73. The van der Waals surface area contributed by atoms with Crippen LogP contribution in [0.2, 0.25) is 0 Å². The third kappa shape index (κ3) is 3.82. The number of hydrogen-bond donors (Lipinski definition) is 1. The topological polar surface area (TPSA) is 62.2 Å². The lowest BCUT2D eigenvalue weighted by Crippen LogP contribution is -2.78. The van der Waals surface area contributed by atoms with E-state index in [0.29, 0.717) is 25.1 Å². The maximum Gasteiger partial charge on any atom is 0.299 e. The van der Waals surface area contributed by atoms with E-state index < -0.39 is 11.0 Å². The molecule has 1 N–H and O–H groups in total. The van der Waals surface area contributed by atoms with Crippen molar-refractivity contribution in [3.8, 4) is 23.3 Å². The van der Waals surface area contributed by atoms with Crippen LogP contribution in [0.3, 0.4) is 0 Å². The number of ether oxygens (including phenoxy) is 2. The fraction of sp³-hybridized carbons (Fsp3) is 0.485. The van der Waals surface area contributed by atoms with Gasteiger partial charge in [-0.15, -0.1) is 6.58 Å². The van der Waals surface area contributed by atoms with Gasteiger partial charge in [0.05, 0.1) is 24.2 Å². The number of piperidine rings is 1. The lowest BCUT2D eigenvalue weighted by Gasteiger charge is -2.64. The Morgan fingerprint density at radius 3 is 2.79 bits per heavy atom. The van der Waals surface area contributed by atoms with Gasteiger partial charge < -0.3 is 19.5 Å². The molecule has 6 nitrogen and oxygen atoms in total. The molecule has 1 saturated heterocycles. The van der Waals surface area contributed by atoms with Crippen molar-refractivity contribution >= 4 is 5.91 Å².